The van der Waals surface area contributed by atoms with Crippen molar-refractivity contribution in [1.29, 1.82) is 0 Å². The number of benzene rings is 1. The first-order valence-corrected chi connectivity index (χ1v) is 7.96. The van der Waals surface area contributed by atoms with Crippen LogP contribution in [0, 0.1) is 0 Å². The van der Waals surface area contributed by atoms with Crippen LogP contribution in [0.15, 0.2) is 24.8 Å². The summed E-state index contributed by atoms with van der Waals surface area (Å²) < 4.78 is 5.48. The minimum Gasteiger partial charge on any atom is -0.494 e. The van der Waals surface area contributed by atoms with Crippen LogP contribution in [0.3, 0.4) is 0 Å². The zero-order chi connectivity index (χ0) is 10.6. The maximum atomic E-state index is 5.48. The fourth-order valence-corrected chi connectivity index (χ4v) is 2.87. The zero-order valence-electron chi connectivity index (χ0n) is 9.21. The van der Waals surface area contributed by atoms with Gasteiger partial charge in [-0.25, -0.2) is 0 Å². The van der Waals surface area contributed by atoms with E-state index >= 15 is 0 Å². The molecule has 0 N–H and O–H groups in total. The maximum Gasteiger partial charge on any atom is 0.119 e. The van der Waals surface area contributed by atoms with Crippen LogP contribution in [-0.2, 0) is 0 Å². The molecule has 0 aliphatic carbocycles. The third-order valence-electron chi connectivity index (χ3n) is 2.21. The van der Waals surface area contributed by atoms with Gasteiger partial charge in [-0.3, -0.25) is 0 Å². The van der Waals surface area contributed by atoms with Crippen molar-refractivity contribution in [2.75, 3.05) is 6.61 Å². The predicted octanol–water partition coefficient (Wildman–Crippen LogP) is 2.42. The van der Waals surface area contributed by atoms with E-state index in [4.69, 9.17) is 4.74 Å². The Morgan fingerprint density at radius 1 is 1.43 bits per heavy atom. The van der Waals surface area contributed by atoms with Gasteiger partial charge in [-0.1, -0.05) is 37.0 Å². The van der Waals surface area contributed by atoms with Crippen molar-refractivity contribution >= 4 is 20.1 Å². The lowest BCUT2D eigenvalue weighted by molar-refractivity contribution is 0.340. The van der Waals surface area contributed by atoms with Crippen molar-refractivity contribution in [3.63, 3.8) is 0 Å². The molecule has 1 nitrogen and oxygen atoms in total. The molecule has 0 amide bonds. The molecule has 2 heteroatoms. The molecule has 0 aliphatic heterocycles. The van der Waals surface area contributed by atoms with Crippen molar-refractivity contribution < 1.29 is 4.74 Å². The highest BCUT2D eigenvalue weighted by Gasteiger charge is 2.06. The van der Waals surface area contributed by atoms with Gasteiger partial charge in [0.15, 0.2) is 0 Å². The van der Waals surface area contributed by atoms with Crippen LogP contribution in [0.2, 0.25) is 13.1 Å². The molecule has 0 unspecified atom stereocenters. The molecule has 14 heavy (non-hydrogen) atoms. The van der Waals surface area contributed by atoms with Crippen LogP contribution in [0.1, 0.15) is 12.5 Å². The van der Waals surface area contributed by atoms with Gasteiger partial charge in [-0.15, -0.1) is 0 Å². The fraction of sp³-hybridized carbons (Fsp3) is 0.333. The van der Waals surface area contributed by atoms with E-state index in [0.29, 0.717) is 0 Å². The standard InChI is InChI=1S/C12H18OSi/c1-5-10-7-8-11(13-6-2)9-12(10)14(3)4/h5,7-9,14H,1,6H2,2-4H3. The molecule has 0 aliphatic rings. The summed E-state index contributed by atoms with van der Waals surface area (Å²) in [4.78, 5) is 0. The molecule has 0 fully saturated rings. The van der Waals surface area contributed by atoms with E-state index in [-0.39, 0.29) is 0 Å². The second-order valence-electron chi connectivity index (χ2n) is 3.58. The van der Waals surface area contributed by atoms with Crippen molar-refractivity contribution in [3.05, 3.63) is 30.3 Å². The summed E-state index contributed by atoms with van der Waals surface area (Å²) in [6.45, 7) is 11.2. The van der Waals surface area contributed by atoms with Gasteiger partial charge in [0.1, 0.15) is 5.75 Å². The lowest BCUT2D eigenvalue weighted by Gasteiger charge is -2.11. The monoisotopic (exact) mass is 206 g/mol. The molecule has 76 valence electrons. The second-order valence-corrected chi connectivity index (χ2v) is 6.51. The molecule has 0 saturated heterocycles. The molecule has 0 aromatic heterocycles. The molecule has 1 aromatic rings. The normalized spacial score (nSPS) is 10.3. The van der Waals surface area contributed by atoms with Gasteiger partial charge in [-0.2, -0.15) is 0 Å². The quantitative estimate of drug-likeness (QED) is 0.688. The van der Waals surface area contributed by atoms with E-state index in [1.165, 1.54) is 10.8 Å². The van der Waals surface area contributed by atoms with E-state index in [2.05, 4.69) is 31.8 Å². The number of hydrogen-bond acceptors (Lipinski definition) is 1. The predicted molar refractivity (Wildman–Crippen MR) is 66.2 cm³/mol. The highest BCUT2D eigenvalue weighted by Crippen LogP contribution is 2.12. The van der Waals surface area contributed by atoms with Crippen LogP contribution < -0.4 is 9.92 Å². The van der Waals surface area contributed by atoms with Gasteiger partial charge in [0.2, 0.25) is 0 Å². The molecule has 0 saturated carbocycles. The highest BCUT2D eigenvalue weighted by molar-refractivity contribution is 6.71. The topological polar surface area (TPSA) is 9.23 Å². The van der Waals surface area contributed by atoms with Crippen molar-refractivity contribution in [2.24, 2.45) is 0 Å². The Morgan fingerprint density at radius 2 is 2.14 bits per heavy atom. The Morgan fingerprint density at radius 3 is 2.64 bits per heavy atom. The summed E-state index contributed by atoms with van der Waals surface area (Å²) in [7, 11) is -0.790. The molecule has 0 bridgehead atoms. The minimum absolute atomic E-state index is 0.729. The molecule has 1 aromatic carbocycles. The Bertz CT molecular complexity index is 318. The molecule has 1 rings (SSSR count). The molecule has 0 spiro atoms. The Labute approximate surface area is 88.0 Å². The van der Waals surface area contributed by atoms with Crippen molar-refractivity contribution in [2.45, 2.75) is 20.0 Å². The SMILES string of the molecule is C=Cc1ccc(OCC)cc1[SiH](C)C. The van der Waals surface area contributed by atoms with E-state index in [9.17, 15) is 0 Å². The van der Waals surface area contributed by atoms with Gasteiger partial charge in [0.05, 0.1) is 15.4 Å². The van der Waals surface area contributed by atoms with Crippen molar-refractivity contribution in [3.8, 4) is 5.75 Å². The summed E-state index contributed by atoms with van der Waals surface area (Å²) in [5.41, 5.74) is 1.26. The highest BCUT2D eigenvalue weighted by atomic mass is 28.3. The largest absolute Gasteiger partial charge is 0.494 e. The average molecular weight is 206 g/mol. The number of hydrogen-bond donors (Lipinski definition) is 0. The Balaban J connectivity index is 3.07. The summed E-state index contributed by atoms with van der Waals surface area (Å²) in [5.74, 6) is 0.981. The average Bonchev–Trinajstić information content (AvgIpc) is 2.18. The van der Waals surface area contributed by atoms with E-state index in [1.807, 2.05) is 19.1 Å². The number of rotatable bonds is 4. The van der Waals surface area contributed by atoms with Crippen LogP contribution in [0.25, 0.3) is 6.08 Å². The summed E-state index contributed by atoms with van der Waals surface area (Å²) in [6, 6.07) is 6.28. The van der Waals surface area contributed by atoms with Crippen molar-refractivity contribution in [1.82, 2.24) is 0 Å². The molecule has 0 atom stereocenters. The first-order valence-electron chi connectivity index (χ1n) is 5.08. The fourth-order valence-electron chi connectivity index (χ4n) is 1.50. The van der Waals surface area contributed by atoms with Gasteiger partial charge in [0.25, 0.3) is 0 Å². The first-order chi connectivity index (χ1) is 6.69. The summed E-state index contributed by atoms with van der Waals surface area (Å²) in [5, 5.41) is 1.44. The lowest BCUT2D eigenvalue weighted by Crippen LogP contribution is -2.25. The smallest absolute Gasteiger partial charge is 0.119 e. The zero-order valence-corrected chi connectivity index (χ0v) is 10.4. The second kappa shape index (κ2) is 5.01. The van der Waals surface area contributed by atoms with Crippen LogP contribution in [0.5, 0.6) is 5.75 Å². The molecule has 0 radical (unpaired) electrons. The Kier molecular flexibility index (Phi) is 3.95. The molecule has 0 heterocycles. The molecular formula is C12H18OSi. The van der Waals surface area contributed by atoms with Crippen LogP contribution >= 0.6 is 0 Å². The third-order valence-corrected chi connectivity index (χ3v) is 3.96. The Hall–Kier alpha value is -1.02. The maximum absolute atomic E-state index is 5.48. The van der Waals surface area contributed by atoms with Crippen LogP contribution in [0.4, 0.5) is 0 Å². The molecular weight excluding hydrogens is 188 g/mol. The minimum atomic E-state index is -0.790. The first kappa shape index (κ1) is 11.1. The van der Waals surface area contributed by atoms with E-state index in [1.54, 1.807) is 0 Å². The summed E-state index contributed by atoms with van der Waals surface area (Å²) >= 11 is 0. The van der Waals surface area contributed by atoms with Gasteiger partial charge >= 0.3 is 0 Å². The lowest BCUT2D eigenvalue weighted by atomic mass is 10.2. The number of ether oxygens (including phenoxy) is 1. The van der Waals surface area contributed by atoms with Gasteiger partial charge < -0.3 is 4.74 Å². The van der Waals surface area contributed by atoms with Crippen LogP contribution in [-0.4, -0.2) is 15.4 Å². The van der Waals surface area contributed by atoms with E-state index < -0.39 is 8.80 Å². The van der Waals surface area contributed by atoms with E-state index in [0.717, 1.165) is 12.4 Å². The van der Waals surface area contributed by atoms with Gasteiger partial charge in [-0.05, 0) is 24.6 Å². The third kappa shape index (κ3) is 2.48. The van der Waals surface area contributed by atoms with Gasteiger partial charge in [0, 0.05) is 0 Å². The summed E-state index contributed by atoms with van der Waals surface area (Å²) in [6.07, 6.45) is 1.93.